The van der Waals surface area contributed by atoms with E-state index in [-0.39, 0.29) is 56.8 Å². The molecule has 0 bridgehead atoms. The number of H-pyrrole nitrogens is 1. The third-order valence-electron chi connectivity index (χ3n) is 5.64. The van der Waals surface area contributed by atoms with Gasteiger partial charge < -0.3 is 19.9 Å². The number of hydrogen-bond acceptors (Lipinski definition) is 6. The smallest absolute Gasteiger partial charge is 0.258 e. The van der Waals surface area contributed by atoms with E-state index in [9.17, 15) is 18.4 Å². The van der Waals surface area contributed by atoms with E-state index in [0.29, 0.717) is 13.1 Å². The van der Waals surface area contributed by atoms with Crippen molar-refractivity contribution in [2.75, 3.05) is 18.4 Å². The molecule has 0 radical (unpaired) electrons. The Balaban J connectivity index is 1.59. The number of rotatable bonds is 4. The van der Waals surface area contributed by atoms with Crippen LogP contribution in [0.5, 0.6) is 0 Å². The van der Waals surface area contributed by atoms with E-state index in [1.807, 2.05) is 13.8 Å². The molecule has 1 saturated heterocycles. The first kappa shape index (κ1) is 24.0. The van der Waals surface area contributed by atoms with Gasteiger partial charge in [-0.15, -0.1) is 0 Å². The van der Waals surface area contributed by atoms with Crippen LogP contribution < -0.4 is 10.9 Å². The van der Waals surface area contributed by atoms with E-state index in [4.69, 9.17) is 16.3 Å². The third kappa shape index (κ3) is 4.60. The van der Waals surface area contributed by atoms with Gasteiger partial charge in [0.05, 0.1) is 34.2 Å². The Morgan fingerprint density at radius 2 is 1.97 bits per heavy atom. The zero-order valence-electron chi connectivity index (χ0n) is 19.1. The largest absolute Gasteiger partial charge is 0.372 e. The number of pyridine rings is 1. The van der Waals surface area contributed by atoms with Gasteiger partial charge in [0.2, 0.25) is 0 Å². The molecule has 8 nitrogen and oxygen atoms in total. The van der Waals surface area contributed by atoms with Crippen molar-refractivity contribution in [2.45, 2.75) is 45.9 Å². The van der Waals surface area contributed by atoms with Crippen molar-refractivity contribution in [3.63, 3.8) is 0 Å². The van der Waals surface area contributed by atoms with Crippen molar-refractivity contribution in [1.82, 2.24) is 19.9 Å². The summed E-state index contributed by atoms with van der Waals surface area (Å²) < 4.78 is 35.3. The monoisotopic (exact) mass is 491 g/mol. The third-order valence-corrected chi connectivity index (χ3v) is 6.03. The van der Waals surface area contributed by atoms with Gasteiger partial charge in [-0.1, -0.05) is 11.6 Å². The Labute approximate surface area is 199 Å². The van der Waals surface area contributed by atoms with E-state index >= 15 is 0 Å². The summed E-state index contributed by atoms with van der Waals surface area (Å²) in [4.78, 5) is 37.3. The van der Waals surface area contributed by atoms with Crippen molar-refractivity contribution in [3.05, 3.63) is 62.3 Å². The predicted molar refractivity (Wildman–Crippen MR) is 124 cm³/mol. The lowest BCUT2D eigenvalue weighted by Crippen LogP contribution is -2.48. The van der Waals surface area contributed by atoms with Crippen LogP contribution in [0.2, 0.25) is 5.02 Å². The van der Waals surface area contributed by atoms with Crippen LogP contribution in [0.15, 0.2) is 23.1 Å². The van der Waals surface area contributed by atoms with Crippen LogP contribution in [-0.4, -0.2) is 51.1 Å². The van der Waals surface area contributed by atoms with Gasteiger partial charge in [-0.25, -0.2) is 18.7 Å². The van der Waals surface area contributed by atoms with Crippen LogP contribution in [0.25, 0.3) is 10.9 Å². The first-order chi connectivity index (χ1) is 16.0. The fourth-order valence-corrected chi connectivity index (χ4v) is 4.44. The molecule has 1 fully saturated rings. The molecule has 1 amide bonds. The van der Waals surface area contributed by atoms with Gasteiger partial charge in [0.1, 0.15) is 11.3 Å². The SMILES string of the molecule is Cc1nc2c(F)c(Cl)c([C@H](C)Nc3ncc(C(=O)N4C[C@@H](C)O[C@@H](C)C4)cc3F)cc2c(=O)[nH]1. The molecule has 34 heavy (non-hydrogen) atoms. The van der Waals surface area contributed by atoms with E-state index in [0.717, 1.165) is 6.07 Å². The number of aryl methyl sites for hydroxylation is 1. The number of halogens is 3. The summed E-state index contributed by atoms with van der Waals surface area (Å²) in [6, 6.07) is 1.81. The first-order valence-corrected chi connectivity index (χ1v) is 11.2. The lowest BCUT2D eigenvalue weighted by atomic mass is 10.0. The fourth-order valence-electron chi connectivity index (χ4n) is 4.13. The first-order valence-electron chi connectivity index (χ1n) is 10.8. The maximum atomic E-state index is 14.9. The highest BCUT2D eigenvalue weighted by Crippen LogP contribution is 2.32. The average Bonchev–Trinajstić information content (AvgIpc) is 2.76. The number of hydrogen-bond donors (Lipinski definition) is 2. The molecule has 1 aromatic carbocycles. The van der Waals surface area contributed by atoms with Gasteiger partial charge in [0, 0.05) is 19.3 Å². The minimum absolute atomic E-state index is 0.0273. The zero-order chi connectivity index (χ0) is 24.7. The molecule has 0 spiro atoms. The lowest BCUT2D eigenvalue weighted by molar-refractivity contribution is -0.0586. The number of morpholine rings is 1. The number of ether oxygens (including phenoxy) is 1. The van der Waals surface area contributed by atoms with Gasteiger partial charge in [-0.05, 0) is 45.4 Å². The minimum atomic E-state index is -0.833. The van der Waals surface area contributed by atoms with Crippen LogP contribution in [0.4, 0.5) is 14.6 Å². The molecule has 3 atom stereocenters. The molecular weight excluding hydrogens is 468 g/mol. The maximum Gasteiger partial charge on any atom is 0.258 e. The summed E-state index contributed by atoms with van der Waals surface area (Å²) >= 11 is 6.21. The number of anilines is 1. The van der Waals surface area contributed by atoms with Gasteiger partial charge in [0.25, 0.3) is 11.5 Å². The van der Waals surface area contributed by atoms with Gasteiger partial charge in [-0.2, -0.15) is 0 Å². The highest BCUT2D eigenvalue weighted by Gasteiger charge is 2.27. The van der Waals surface area contributed by atoms with E-state index < -0.39 is 23.2 Å². The number of nitrogens with zero attached hydrogens (tertiary/aromatic N) is 3. The van der Waals surface area contributed by atoms with Crippen molar-refractivity contribution in [2.24, 2.45) is 0 Å². The number of aromatic amines is 1. The molecular formula is C23H24ClF2N5O3. The Bertz CT molecular complexity index is 1320. The molecule has 3 aromatic rings. The Morgan fingerprint density at radius 1 is 1.29 bits per heavy atom. The normalized spacial score (nSPS) is 19.3. The standard InChI is InChI=1S/C23H24ClF2N5O3/c1-10-8-31(9-11(2)34-10)23(33)14-5-17(25)21(27-7-14)28-12(3)15-6-16-20(19(26)18(15)24)29-13(4)30-22(16)32/h5-7,10-12H,8-9H2,1-4H3,(H,27,28)(H,29,30,32)/t10-,11+,12-/m0/s1. The van der Waals surface area contributed by atoms with Gasteiger partial charge >= 0.3 is 0 Å². The van der Waals surface area contributed by atoms with Crippen LogP contribution >= 0.6 is 11.6 Å². The van der Waals surface area contributed by atoms with Crippen LogP contribution in [-0.2, 0) is 4.74 Å². The predicted octanol–water partition coefficient (Wildman–Crippen LogP) is 3.98. The summed E-state index contributed by atoms with van der Waals surface area (Å²) in [5.74, 6) is -1.80. The maximum absolute atomic E-state index is 14.9. The molecule has 0 saturated carbocycles. The number of benzene rings is 1. The van der Waals surface area contributed by atoms with Gasteiger partial charge in [0.15, 0.2) is 17.5 Å². The van der Waals surface area contributed by atoms with Crippen molar-refractivity contribution in [1.29, 1.82) is 0 Å². The average molecular weight is 492 g/mol. The van der Waals surface area contributed by atoms with Crippen molar-refractivity contribution >= 4 is 34.2 Å². The number of carbonyl (C=O) groups excluding carboxylic acids is 1. The molecule has 1 aliphatic heterocycles. The van der Waals surface area contributed by atoms with Crippen molar-refractivity contribution < 1.29 is 18.3 Å². The highest BCUT2D eigenvalue weighted by molar-refractivity contribution is 6.32. The molecule has 0 aliphatic carbocycles. The molecule has 4 rings (SSSR count). The Hall–Kier alpha value is -3.11. The number of aromatic nitrogens is 3. The second-order valence-electron chi connectivity index (χ2n) is 8.53. The molecule has 2 N–H and O–H groups in total. The van der Waals surface area contributed by atoms with Crippen molar-refractivity contribution in [3.8, 4) is 0 Å². The second-order valence-corrected chi connectivity index (χ2v) is 8.91. The van der Waals surface area contributed by atoms with E-state index in [2.05, 4.69) is 20.3 Å². The zero-order valence-corrected chi connectivity index (χ0v) is 19.8. The van der Waals surface area contributed by atoms with Gasteiger partial charge in [-0.3, -0.25) is 9.59 Å². The van der Waals surface area contributed by atoms with Crippen LogP contribution in [0.3, 0.4) is 0 Å². The number of carbonyl (C=O) groups is 1. The summed E-state index contributed by atoms with van der Waals surface area (Å²) in [6.07, 6.45) is 1.04. The topological polar surface area (TPSA) is 100 Å². The second kappa shape index (κ2) is 9.27. The summed E-state index contributed by atoms with van der Waals surface area (Å²) in [6.45, 7) is 7.71. The minimum Gasteiger partial charge on any atom is -0.372 e. The molecule has 180 valence electrons. The molecule has 0 unspecified atom stereocenters. The quantitative estimate of drug-likeness (QED) is 0.572. The van der Waals surface area contributed by atoms with E-state index in [1.54, 1.807) is 11.8 Å². The summed E-state index contributed by atoms with van der Waals surface area (Å²) in [5, 5.41) is 2.63. The Kier molecular flexibility index (Phi) is 6.55. The van der Waals surface area contributed by atoms with E-state index in [1.165, 1.54) is 19.2 Å². The summed E-state index contributed by atoms with van der Waals surface area (Å²) in [7, 11) is 0. The molecule has 2 aromatic heterocycles. The molecule has 3 heterocycles. The number of nitrogens with one attached hydrogen (secondary N) is 2. The number of fused-ring (bicyclic) bond motifs is 1. The van der Waals surface area contributed by atoms with Crippen LogP contribution in [0.1, 0.15) is 48.6 Å². The molecule has 1 aliphatic rings. The fraction of sp³-hybridized carbons (Fsp3) is 0.391. The lowest BCUT2D eigenvalue weighted by Gasteiger charge is -2.35. The highest BCUT2D eigenvalue weighted by atomic mass is 35.5. The summed E-state index contributed by atoms with van der Waals surface area (Å²) in [5.41, 5.74) is -0.299. The number of amides is 1. The molecule has 11 heteroatoms. The van der Waals surface area contributed by atoms with Crippen LogP contribution in [0, 0.1) is 18.6 Å². The Morgan fingerprint density at radius 3 is 2.62 bits per heavy atom.